The van der Waals surface area contributed by atoms with Crippen molar-refractivity contribution in [3.8, 4) is 0 Å². The Balaban J connectivity index is 1.88. The van der Waals surface area contributed by atoms with Crippen molar-refractivity contribution in [2.24, 2.45) is 0 Å². The number of carbonyl (C=O) groups is 1. The van der Waals surface area contributed by atoms with E-state index in [-0.39, 0.29) is 5.97 Å². The molecule has 0 radical (unpaired) electrons. The molecule has 94 valence electrons. The molecule has 0 aromatic carbocycles. The van der Waals surface area contributed by atoms with E-state index in [1.807, 2.05) is 13.8 Å². The maximum atomic E-state index is 11.0. The molecule has 0 saturated heterocycles. The normalized spacial score (nSPS) is 23.9. The van der Waals surface area contributed by atoms with Crippen LogP contribution in [0.25, 0.3) is 0 Å². The molecule has 0 aromatic heterocycles. The summed E-state index contributed by atoms with van der Waals surface area (Å²) in [5, 5.41) is 3.42. The Labute approximate surface area is 97.7 Å². The highest BCUT2D eigenvalue weighted by Gasteiger charge is 2.28. The summed E-state index contributed by atoms with van der Waals surface area (Å²) >= 11 is 0. The van der Waals surface area contributed by atoms with Gasteiger partial charge in [-0.3, -0.25) is 4.79 Å². The molecule has 1 rings (SSSR count). The van der Waals surface area contributed by atoms with Crippen molar-refractivity contribution < 1.29 is 14.3 Å². The lowest BCUT2D eigenvalue weighted by atomic mass is 9.89. The Hall–Kier alpha value is -0.610. The van der Waals surface area contributed by atoms with Crippen molar-refractivity contribution in [2.45, 2.75) is 51.7 Å². The third kappa shape index (κ3) is 4.94. The van der Waals surface area contributed by atoms with Gasteiger partial charge in [0.05, 0.1) is 12.7 Å². The molecule has 1 aliphatic carbocycles. The monoisotopic (exact) mass is 229 g/mol. The molecule has 0 spiro atoms. The van der Waals surface area contributed by atoms with E-state index in [1.54, 1.807) is 0 Å². The Morgan fingerprint density at radius 1 is 1.31 bits per heavy atom. The van der Waals surface area contributed by atoms with Crippen molar-refractivity contribution in [3.05, 3.63) is 0 Å². The first-order valence-electron chi connectivity index (χ1n) is 6.26. The first-order chi connectivity index (χ1) is 7.76. The van der Waals surface area contributed by atoms with Gasteiger partial charge >= 0.3 is 5.97 Å². The van der Waals surface area contributed by atoms with Gasteiger partial charge in [-0.2, -0.15) is 0 Å². The van der Waals surface area contributed by atoms with E-state index < -0.39 is 0 Å². The quantitative estimate of drug-likeness (QED) is 0.506. The van der Waals surface area contributed by atoms with Crippen LogP contribution in [-0.4, -0.2) is 37.9 Å². The van der Waals surface area contributed by atoms with Crippen molar-refractivity contribution in [3.63, 3.8) is 0 Å². The highest BCUT2D eigenvalue weighted by molar-refractivity contribution is 5.69. The molecule has 0 unspecified atom stereocenters. The largest absolute Gasteiger partial charge is 0.466 e. The zero-order valence-electron chi connectivity index (χ0n) is 10.3. The third-order valence-corrected chi connectivity index (χ3v) is 2.79. The minimum Gasteiger partial charge on any atom is -0.466 e. The summed E-state index contributed by atoms with van der Waals surface area (Å²) in [6, 6.07) is 0.582. The molecule has 0 aromatic rings. The Morgan fingerprint density at radius 3 is 2.69 bits per heavy atom. The van der Waals surface area contributed by atoms with Crippen molar-refractivity contribution in [1.82, 2.24) is 5.32 Å². The lowest BCUT2D eigenvalue weighted by molar-refractivity contribution is -0.143. The first-order valence-corrected chi connectivity index (χ1v) is 6.26. The highest BCUT2D eigenvalue weighted by atomic mass is 16.5. The fraction of sp³-hybridized carbons (Fsp3) is 0.917. The highest BCUT2D eigenvalue weighted by Crippen LogP contribution is 2.22. The second-order valence-electron chi connectivity index (χ2n) is 4.11. The van der Waals surface area contributed by atoms with Gasteiger partial charge in [0.1, 0.15) is 0 Å². The van der Waals surface area contributed by atoms with Gasteiger partial charge in [-0.25, -0.2) is 0 Å². The Kier molecular flexibility index (Phi) is 6.42. The summed E-state index contributed by atoms with van der Waals surface area (Å²) < 4.78 is 10.3. The molecule has 0 aliphatic heterocycles. The number of hydrogen-bond donors (Lipinski definition) is 1. The van der Waals surface area contributed by atoms with E-state index in [4.69, 9.17) is 9.47 Å². The topological polar surface area (TPSA) is 47.6 Å². The number of ether oxygens (including phenoxy) is 2. The molecule has 1 N–H and O–H groups in total. The van der Waals surface area contributed by atoms with Crippen molar-refractivity contribution in [1.29, 1.82) is 0 Å². The molecule has 1 saturated carbocycles. The zero-order chi connectivity index (χ0) is 11.8. The van der Waals surface area contributed by atoms with Crippen LogP contribution < -0.4 is 5.32 Å². The van der Waals surface area contributed by atoms with E-state index in [2.05, 4.69) is 5.32 Å². The van der Waals surface area contributed by atoms with Gasteiger partial charge in [0.2, 0.25) is 0 Å². The summed E-state index contributed by atoms with van der Waals surface area (Å²) in [6.45, 7) is 6.03. The van der Waals surface area contributed by atoms with Crippen molar-refractivity contribution in [2.75, 3.05) is 19.8 Å². The number of carbonyl (C=O) groups excluding carboxylic acids is 1. The van der Waals surface area contributed by atoms with Gasteiger partial charge in [-0.15, -0.1) is 0 Å². The van der Waals surface area contributed by atoms with Crippen LogP contribution in [0.4, 0.5) is 0 Å². The maximum Gasteiger partial charge on any atom is 0.305 e. The number of nitrogens with one attached hydrogen (secondary N) is 1. The number of rotatable bonds is 8. The minimum absolute atomic E-state index is 0.0925. The average Bonchev–Trinajstić information content (AvgIpc) is 2.20. The molecular weight excluding hydrogens is 206 g/mol. The second kappa shape index (κ2) is 7.63. The molecule has 4 nitrogen and oxygen atoms in total. The van der Waals surface area contributed by atoms with E-state index in [1.165, 1.54) is 0 Å². The molecule has 0 amide bonds. The molecule has 1 fully saturated rings. The van der Waals surface area contributed by atoms with Gasteiger partial charge in [0, 0.05) is 19.1 Å². The van der Waals surface area contributed by atoms with Gasteiger partial charge in [-0.1, -0.05) is 0 Å². The summed E-state index contributed by atoms with van der Waals surface area (Å²) in [5.74, 6) is -0.0925. The van der Waals surface area contributed by atoms with Crippen LogP contribution in [0.5, 0.6) is 0 Å². The zero-order valence-corrected chi connectivity index (χ0v) is 10.3. The fourth-order valence-corrected chi connectivity index (χ4v) is 1.88. The van der Waals surface area contributed by atoms with Crippen LogP contribution >= 0.6 is 0 Å². The van der Waals surface area contributed by atoms with Crippen LogP contribution in [0.3, 0.4) is 0 Å². The fourth-order valence-electron chi connectivity index (χ4n) is 1.88. The summed E-state index contributed by atoms with van der Waals surface area (Å²) in [7, 11) is 0. The summed E-state index contributed by atoms with van der Waals surface area (Å²) in [6.07, 6.45) is 4.03. The van der Waals surface area contributed by atoms with E-state index in [0.29, 0.717) is 25.2 Å². The molecular formula is C12H23NO3. The van der Waals surface area contributed by atoms with E-state index in [0.717, 1.165) is 32.4 Å². The first kappa shape index (κ1) is 13.5. The summed E-state index contributed by atoms with van der Waals surface area (Å²) in [5.41, 5.74) is 0. The van der Waals surface area contributed by atoms with E-state index in [9.17, 15) is 4.79 Å². The Bertz CT molecular complexity index is 202. The van der Waals surface area contributed by atoms with Crippen molar-refractivity contribution >= 4 is 5.97 Å². The Morgan fingerprint density at radius 2 is 2.06 bits per heavy atom. The van der Waals surface area contributed by atoms with Crippen LogP contribution in [0.2, 0.25) is 0 Å². The SMILES string of the molecule is CCOC(=O)CCCNC1CC(OCC)C1. The molecule has 0 heterocycles. The predicted molar refractivity (Wildman–Crippen MR) is 62.3 cm³/mol. The molecule has 1 aliphatic rings. The summed E-state index contributed by atoms with van der Waals surface area (Å²) in [4.78, 5) is 11.0. The molecule has 0 atom stereocenters. The van der Waals surface area contributed by atoms with Crippen LogP contribution in [0.15, 0.2) is 0 Å². The molecule has 16 heavy (non-hydrogen) atoms. The predicted octanol–water partition coefficient (Wildman–Crippen LogP) is 1.49. The average molecular weight is 229 g/mol. The second-order valence-corrected chi connectivity index (χ2v) is 4.11. The molecule has 4 heteroatoms. The van der Waals surface area contributed by atoms with Gasteiger partial charge < -0.3 is 14.8 Å². The van der Waals surface area contributed by atoms with E-state index >= 15 is 0 Å². The lowest BCUT2D eigenvalue weighted by Gasteiger charge is -2.35. The lowest BCUT2D eigenvalue weighted by Crippen LogP contribution is -2.45. The maximum absolute atomic E-state index is 11.0. The van der Waals surface area contributed by atoms with Crippen LogP contribution in [0, 0.1) is 0 Å². The number of esters is 1. The standard InChI is InChI=1S/C12H23NO3/c1-3-15-11-8-10(9-11)13-7-5-6-12(14)16-4-2/h10-11,13H,3-9H2,1-2H3. The van der Waals surface area contributed by atoms with Gasteiger partial charge in [0.25, 0.3) is 0 Å². The van der Waals surface area contributed by atoms with Gasteiger partial charge in [-0.05, 0) is 39.7 Å². The minimum atomic E-state index is -0.0925. The third-order valence-electron chi connectivity index (χ3n) is 2.79. The van der Waals surface area contributed by atoms with Crippen LogP contribution in [0.1, 0.15) is 39.5 Å². The van der Waals surface area contributed by atoms with Crippen LogP contribution in [-0.2, 0) is 14.3 Å². The number of hydrogen-bond acceptors (Lipinski definition) is 4. The smallest absolute Gasteiger partial charge is 0.305 e. The molecule has 0 bridgehead atoms. The van der Waals surface area contributed by atoms with Gasteiger partial charge in [0.15, 0.2) is 0 Å².